The third-order valence-electron chi connectivity index (χ3n) is 4.03. The third-order valence-corrected chi connectivity index (χ3v) is 5.13. The van der Waals surface area contributed by atoms with Crippen molar-refractivity contribution in [1.29, 1.82) is 0 Å². The summed E-state index contributed by atoms with van der Waals surface area (Å²) in [6.45, 7) is 5.36. The predicted molar refractivity (Wildman–Crippen MR) is 92.2 cm³/mol. The number of hydrogen-bond acceptors (Lipinski definition) is 7. The van der Waals surface area contributed by atoms with Crippen molar-refractivity contribution in [2.45, 2.75) is 38.8 Å². The lowest BCUT2D eigenvalue weighted by atomic mass is 10.1. The lowest BCUT2D eigenvalue weighted by molar-refractivity contribution is 0.0934. The first-order chi connectivity index (χ1) is 11.5. The smallest absolute Gasteiger partial charge is 0.270 e. The number of aryl methyl sites for hydroxylation is 1. The standard InChI is InChI=1S/C16H21N5O2S/c1-10-8-17-16(24-10)11(2)20-15(23)13-7-14(19-9-18-13)21-5-3-12(22)4-6-21/h7-9,11-12,22H,3-6H2,1-2H3,(H,20,23). The van der Waals surface area contributed by atoms with Gasteiger partial charge in [0.1, 0.15) is 22.8 Å². The fourth-order valence-corrected chi connectivity index (χ4v) is 3.42. The summed E-state index contributed by atoms with van der Waals surface area (Å²) in [6, 6.07) is 1.53. The van der Waals surface area contributed by atoms with E-state index < -0.39 is 0 Å². The van der Waals surface area contributed by atoms with Crippen LogP contribution in [0, 0.1) is 6.92 Å². The van der Waals surface area contributed by atoms with Gasteiger partial charge in [-0.1, -0.05) is 0 Å². The minimum absolute atomic E-state index is 0.167. The topological polar surface area (TPSA) is 91.2 Å². The zero-order valence-corrected chi connectivity index (χ0v) is 14.6. The van der Waals surface area contributed by atoms with Gasteiger partial charge in [-0.25, -0.2) is 15.0 Å². The van der Waals surface area contributed by atoms with E-state index in [2.05, 4.69) is 25.2 Å². The highest BCUT2D eigenvalue weighted by molar-refractivity contribution is 7.11. The highest BCUT2D eigenvalue weighted by Crippen LogP contribution is 2.20. The number of nitrogens with one attached hydrogen (secondary N) is 1. The Morgan fingerprint density at radius 2 is 2.12 bits per heavy atom. The van der Waals surface area contributed by atoms with Crippen LogP contribution < -0.4 is 10.2 Å². The maximum atomic E-state index is 12.4. The number of thiazole rings is 1. The second kappa shape index (κ2) is 7.23. The van der Waals surface area contributed by atoms with Gasteiger partial charge >= 0.3 is 0 Å². The summed E-state index contributed by atoms with van der Waals surface area (Å²) in [6.07, 6.45) is 4.40. The number of aromatic nitrogens is 3. The lowest BCUT2D eigenvalue weighted by Gasteiger charge is -2.30. The second-order valence-corrected chi connectivity index (χ2v) is 7.25. The average Bonchev–Trinajstić information content (AvgIpc) is 3.02. The molecule has 1 atom stereocenters. The van der Waals surface area contributed by atoms with Gasteiger partial charge in [0.15, 0.2) is 0 Å². The number of hydrogen-bond donors (Lipinski definition) is 2. The van der Waals surface area contributed by atoms with Gasteiger partial charge in [-0.2, -0.15) is 0 Å². The van der Waals surface area contributed by atoms with Crippen LogP contribution in [0.15, 0.2) is 18.6 Å². The minimum Gasteiger partial charge on any atom is -0.393 e. The highest BCUT2D eigenvalue weighted by Gasteiger charge is 2.20. The van der Waals surface area contributed by atoms with E-state index in [1.165, 1.54) is 6.33 Å². The van der Waals surface area contributed by atoms with Gasteiger partial charge in [-0.15, -0.1) is 11.3 Å². The molecule has 0 radical (unpaired) electrons. The molecule has 8 heteroatoms. The number of rotatable bonds is 4. The number of anilines is 1. The molecule has 1 amide bonds. The van der Waals surface area contributed by atoms with Crippen LogP contribution in [0.5, 0.6) is 0 Å². The average molecular weight is 347 g/mol. The van der Waals surface area contributed by atoms with Crippen molar-refractivity contribution in [3.05, 3.63) is 34.2 Å². The fourth-order valence-electron chi connectivity index (χ4n) is 2.64. The molecule has 24 heavy (non-hydrogen) atoms. The van der Waals surface area contributed by atoms with Crippen LogP contribution >= 0.6 is 11.3 Å². The Balaban J connectivity index is 1.68. The molecule has 1 fully saturated rings. The molecule has 7 nitrogen and oxygen atoms in total. The Bertz CT molecular complexity index is 712. The predicted octanol–water partition coefficient (Wildman–Crippen LogP) is 1.69. The van der Waals surface area contributed by atoms with Gasteiger partial charge < -0.3 is 15.3 Å². The molecule has 2 aromatic rings. The first-order valence-electron chi connectivity index (χ1n) is 8.01. The number of carbonyl (C=O) groups is 1. The van der Waals surface area contributed by atoms with E-state index in [-0.39, 0.29) is 18.1 Å². The van der Waals surface area contributed by atoms with Gasteiger partial charge in [-0.3, -0.25) is 4.79 Å². The maximum Gasteiger partial charge on any atom is 0.270 e. The van der Waals surface area contributed by atoms with Crippen LogP contribution in [-0.4, -0.2) is 45.2 Å². The van der Waals surface area contributed by atoms with Gasteiger partial charge in [0, 0.05) is 30.2 Å². The SMILES string of the molecule is Cc1cnc(C(C)NC(=O)c2cc(N3CCC(O)CC3)ncn2)s1. The second-order valence-electron chi connectivity index (χ2n) is 5.98. The summed E-state index contributed by atoms with van der Waals surface area (Å²) in [5, 5.41) is 13.4. The van der Waals surface area contributed by atoms with Gasteiger partial charge in [0.25, 0.3) is 5.91 Å². The van der Waals surface area contributed by atoms with E-state index in [0.717, 1.165) is 28.8 Å². The molecule has 1 aliphatic heterocycles. The normalized spacial score (nSPS) is 16.9. The van der Waals surface area contributed by atoms with Crippen LogP contribution in [-0.2, 0) is 0 Å². The molecule has 3 heterocycles. The van der Waals surface area contributed by atoms with Crippen molar-refractivity contribution in [2.75, 3.05) is 18.0 Å². The monoisotopic (exact) mass is 347 g/mol. The number of carbonyl (C=O) groups excluding carboxylic acids is 1. The van der Waals surface area contributed by atoms with Crippen molar-refractivity contribution >= 4 is 23.1 Å². The van der Waals surface area contributed by atoms with Crippen LogP contribution in [0.2, 0.25) is 0 Å². The summed E-state index contributed by atoms with van der Waals surface area (Å²) in [4.78, 5) is 28.3. The van der Waals surface area contributed by atoms with E-state index >= 15 is 0 Å². The Labute approximate surface area is 144 Å². The summed E-state index contributed by atoms with van der Waals surface area (Å²) in [7, 11) is 0. The summed E-state index contributed by atoms with van der Waals surface area (Å²) < 4.78 is 0. The van der Waals surface area contributed by atoms with Crippen LogP contribution in [0.25, 0.3) is 0 Å². The molecule has 0 bridgehead atoms. The molecule has 3 rings (SSSR count). The maximum absolute atomic E-state index is 12.4. The van der Waals surface area contributed by atoms with Crippen LogP contribution in [0.1, 0.15) is 46.2 Å². The van der Waals surface area contributed by atoms with Crippen molar-refractivity contribution in [3.8, 4) is 0 Å². The molecule has 1 aliphatic rings. The molecule has 1 saturated heterocycles. The molecule has 0 aromatic carbocycles. The van der Waals surface area contributed by atoms with E-state index in [9.17, 15) is 9.90 Å². The zero-order valence-electron chi connectivity index (χ0n) is 13.8. The van der Waals surface area contributed by atoms with E-state index in [1.807, 2.05) is 13.8 Å². The zero-order chi connectivity index (χ0) is 17.1. The molecule has 0 saturated carbocycles. The minimum atomic E-state index is -0.242. The van der Waals surface area contributed by atoms with E-state index in [1.54, 1.807) is 23.6 Å². The first-order valence-corrected chi connectivity index (χ1v) is 8.83. The van der Waals surface area contributed by atoms with Gasteiger partial charge in [0.2, 0.25) is 0 Å². The molecule has 128 valence electrons. The molecular weight excluding hydrogens is 326 g/mol. The Morgan fingerprint density at radius 3 is 2.79 bits per heavy atom. The van der Waals surface area contributed by atoms with Crippen molar-refractivity contribution in [2.24, 2.45) is 0 Å². The Kier molecular flexibility index (Phi) is 5.06. The highest BCUT2D eigenvalue weighted by atomic mass is 32.1. The van der Waals surface area contributed by atoms with Crippen molar-refractivity contribution in [3.63, 3.8) is 0 Å². The largest absolute Gasteiger partial charge is 0.393 e. The number of amides is 1. The van der Waals surface area contributed by atoms with E-state index in [4.69, 9.17) is 0 Å². The molecular formula is C16H21N5O2S. The van der Waals surface area contributed by atoms with E-state index in [0.29, 0.717) is 18.5 Å². The molecule has 0 aliphatic carbocycles. The fraction of sp³-hybridized carbons (Fsp3) is 0.500. The lowest BCUT2D eigenvalue weighted by Crippen LogP contribution is -2.36. The van der Waals surface area contributed by atoms with Gasteiger partial charge in [-0.05, 0) is 26.7 Å². The number of aliphatic hydroxyl groups excluding tert-OH is 1. The third kappa shape index (κ3) is 3.88. The van der Waals surface area contributed by atoms with Crippen LogP contribution in [0.3, 0.4) is 0 Å². The van der Waals surface area contributed by atoms with Gasteiger partial charge in [0.05, 0.1) is 12.1 Å². The quantitative estimate of drug-likeness (QED) is 0.875. The molecule has 1 unspecified atom stereocenters. The first kappa shape index (κ1) is 16.8. The summed E-state index contributed by atoms with van der Waals surface area (Å²) in [5.74, 6) is 0.482. The molecule has 2 aromatic heterocycles. The number of aliphatic hydroxyl groups is 1. The summed E-state index contributed by atoms with van der Waals surface area (Å²) >= 11 is 1.57. The van der Waals surface area contributed by atoms with Crippen molar-refractivity contribution < 1.29 is 9.90 Å². The Morgan fingerprint density at radius 1 is 1.38 bits per heavy atom. The Hall–Kier alpha value is -2.06. The number of piperidine rings is 1. The molecule has 2 N–H and O–H groups in total. The molecule has 0 spiro atoms. The van der Waals surface area contributed by atoms with Crippen LogP contribution in [0.4, 0.5) is 5.82 Å². The number of nitrogens with zero attached hydrogens (tertiary/aromatic N) is 4. The summed E-state index contributed by atoms with van der Waals surface area (Å²) in [5.41, 5.74) is 0.339. The van der Waals surface area contributed by atoms with Crippen molar-refractivity contribution in [1.82, 2.24) is 20.3 Å².